The summed E-state index contributed by atoms with van der Waals surface area (Å²) in [5.74, 6) is 0.847. The smallest absolute Gasteiger partial charge is 0.0468 e. The maximum Gasteiger partial charge on any atom is 0.0468 e. The molecule has 1 radical (unpaired) electrons. The molecule has 0 bridgehead atoms. The van der Waals surface area contributed by atoms with Gasteiger partial charge in [-0.1, -0.05) is 26.7 Å². The first kappa shape index (κ1) is 14.9. The Morgan fingerprint density at radius 2 is 1.53 bits per heavy atom. The van der Waals surface area contributed by atoms with Gasteiger partial charge in [0.05, 0.1) is 0 Å². The molecule has 15 heavy (non-hydrogen) atoms. The lowest BCUT2D eigenvalue weighted by molar-refractivity contribution is 0.102. The number of ether oxygens (including phenoxy) is 2. The van der Waals surface area contributed by atoms with Crippen LogP contribution in [0, 0.1) is 12.8 Å². The fourth-order valence-corrected chi connectivity index (χ4v) is 1.56. The Kier molecular flexibility index (Phi) is 11.9. The van der Waals surface area contributed by atoms with Crippen molar-refractivity contribution in [2.45, 2.75) is 46.0 Å². The summed E-state index contributed by atoms with van der Waals surface area (Å²) in [7, 11) is 0. The van der Waals surface area contributed by atoms with E-state index in [1.165, 1.54) is 19.3 Å². The molecule has 0 spiro atoms. The van der Waals surface area contributed by atoms with Crippen LogP contribution in [-0.2, 0) is 9.47 Å². The summed E-state index contributed by atoms with van der Waals surface area (Å²) in [4.78, 5) is 0. The van der Waals surface area contributed by atoms with Crippen molar-refractivity contribution in [2.75, 3.05) is 26.4 Å². The van der Waals surface area contributed by atoms with E-state index in [1.807, 2.05) is 0 Å². The minimum absolute atomic E-state index is 0.579. The Bertz CT molecular complexity index is 111. The molecule has 0 aliphatic carbocycles. The van der Waals surface area contributed by atoms with Crippen LogP contribution in [0.25, 0.3) is 0 Å². The highest BCUT2D eigenvalue weighted by Gasteiger charge is 2.02. The number of rotatable bonds is 11. The van der Waals surface area contributed by atoms with Crippen molar-refractivity contribution in [1.82, 2.24) is 0 Å². The summed E-state index contributed by atoms with van der Waals surface area (Å²) in [5.41, 5.74) is 0. The zero-order chi connectivity index (χ0) is 11.4. The van der Waals surface area contributed by atoms with Gasteiger partial charge in [-0.3, -0.25) is 0 Å². The summed E-state index contributed by atoms with van der Waals surface area (Å²) in [6.45, 7) is 11.3. The van der Waals surface area contributed by atoms with Crippen LogP contribution in [0.1, 0.15) is 46.0 Å². The van der Waals surface area contributed by atoms with Gasteiger partial charge in [0.25, 0.3) is 0 Å². The molecule has 0 fully saturated rings. The second kappa shape index (κ2) is 12.0. The van der Waals surface area contributed by atoms with E-state index in [-0.39, 0.29) is 0 Å². The number of hydrogen-bond acceptors (Lipinski definition) is 2. The van der Waals surface area contributed by atoms with Crippen molar-refractivity contribution in [3.8, 4) is 0 Å². The molecule has 0 unspecified atom stereocenters. The van der Waals surface area contributed by atoms with Crippen LogP contribution in [0.15, 0.2) is 0 Å². The SMILES string of the molecule is [CH2]COCCCCOCCC(CC)CC. The van der Waals surface area contributed by atoms with Crippen molar-refractivity contribution in [2.24, 2.45) is 5.92 Å². The Morgan fingerprint density at radius 3 is 2.07 bits per heavy atom. The molecule has 0 aromatic rings. The third kappa shape index (κ3) is 10.2. The molecule has 0 heterocycles. The molecular formula is C13H27O2. The Labute approximate surface area is 95.3 Å². The van der Waals surface area contributed by atoms with Gasteiger partial charge < -0.3 is 9.47 Å². The standard InChI is InChI=1S/C13H27O2/c1-4-13(5-2)9-12-15-11-8-7-10-14-6-3/h13H,3-12H2,1-2H3. The van der Waals surface area contributed by atoms with Gasteiger partial charge >= 0.3 is 0 Å². The van der Waals surface area contributed by atoms with Gasteiger partial charge in [-0.05, 0) is 32.1 Å². The molecule has 0 aliphatic heterocycles. The highest BCUT2D eigenvalue weighted by Crippen LogP contribution is 2.11. The Balaban J connectivity index is 3.04. The van der Waals surface area contributed by atoms with Crippen LogP contribution in [0.2, 0.25) is 0 Å². The summed E-state index contributed by atoms with van der Waals surface area (Å²) < 4.78 is 10.7. The van der Waals surface area contributed by atoms with Crippen LogP contribution >= 0.6 is 0 Å². The van der Waals surface area contributed by atoms with Gasteiger partial charge in [0.1, 0.15) is 0 Å². The predicted molar refractivity (Wildman–Crippen MR) is 64.9 cm³/mol. The molecule has 91 valence electrons. The van der Waals surface area contributed by atoms with Gasteiger partial charge in [0, 0.05) is 26.4 Å². The Morgan fingerprint density at radius 1 is 0.933 bits per heavy atom. The average molecular weight is 215 g/mol. The molecular weight excluding hydrogens is 188 g/mol. The molecule has 0 aromatic heterocycles. The number of unbranched alkanes of at least 4 members (excludes halogenated alkanes) is 1. The summed E-state index contributed by atoms with van der Waals surface area (Å²) in [6, 6.07) is 0. The van der Waals surface area contributed by atoms with E-state index in [0.717, 1.165) is 38.6 Å². The van der Waals surface area contributed by atoms with Gasteiger partial charge in [0.15, 0.2) is 0 Å². The minimum atomic E-state index is 0.579. The van der Waals surface area contributed by atoms with Gasteiger partial charge in [-0.15, -0.1) is 0 Å². The van der Waals surface area contributed by atoms with Crippen LogP contribution in [0.3, 0.4) is 0 Å². The molecule has 0 aromatic carbocycles. The minimum Gasteiger partial charge on any atom is -0.381 e. The van der Waals surface area contributed by atoms with E-state index < -0.39 is 0 Å². The quantitative estimate of drug-likeness (QED) is 0.491. The van der Waals surface area contributed by atoms with Crippen LogP contribution < -0.4 is 0 Å². The summed E-state index contributed by atoms with van der Waals surface area (Å²) in [5, 5.41) is 0. The monoisotopic (exact) mass is 215 g/mol. The first-order valence-corrected chi connectivity index (χ1v) is 6.29. The molecule has 0 atom stereocenters. The zero-order valence-corrected chi connectivity index (χ0v) is 10.5. The molecule has 0 saturated heterocycles. The lowest BCUT2D eigenvalue weighted by Crippen LogP contribution is -2.05. The Hall–Kier alpha value is -0.0800. The van der Waals surface area contributed by atoms with E-state index in [2.05, 4.69) is 20.8 Å². The molecule has 0 saturated carbocycles. The van der Waals surface area contributed by atoms with Crippen LogP contribution in [-0.4, -0.2) is 26.4 Å². The van der Waals surface area contributed by atoms with E-state index in [4.69, 9.17) is 9.47 Å². The van der Waals surface area contributed by atoms with E-state index in [9.17, 15) is 0 Å². The van der Waals surface area contributed by atoms with Gasteiger partial charge in [-0.2, -0.15) is 0 Å². The third-order valence-corrected chi connectivity index (χ3v) is 2.80. The highest BCUT2D eigenvalue weighted by atomic mass is 16.5. The van der Waals surface area contributed by atoms with Crippen molar-refractivity contribution in [3.05, 3.63) is 6.92 Å². The maximum atomic E-state index is 5.58. The largest absolute Gasteiger partial charge is 0.381 e. The molecule has 2 heteroatoms. The van der Waals surface area contributed by atoms with E-state index in [1.54, 1.807) is 0 Å². The first-order chi connectivity index (χ1) is 7.35. The molecule has 0 aliphatic rings. The van der Waals surface area contributed by atoms with E-state index >= 15 is 0 Å². The molecule has 2 nitrogen and oxygen atoms in total. The number of hydrogen-bond donors (Lipinski definition) is 0. The van der Waals surface area contributed by atoms with Gasteiger partial charge in [-0.25, -0.2) is 0 Å². The predicted octanol–water partition coefficient (Wildman–Crippen LogP) is 3.46. The van der Waals surface area contributed by atoms with Crippen molar-refractivity contribution < 1.29 is 9.47 Å². The van der Waals surface area contributed by atoms with Gasteiger partial charge in [0.2, 0.25) is 0 Å². The van der Waals surface area contributed by atoms with Crippen molar-refractivity contribution >= 4 is 0 Å². The maximum absolute atomic E-state index is 5.58. The topological polar surface area (TPSA) is 18.5 Å². The second-order valence-corrected chi connectivity index (χ2v) is 3.90. The van der Waals surface area contributed by atoms with Crippen LogP contribution in [0.5, 0.6) is 0 Å². The lowest BCUT2D eigenvalue weighted by atomic mass is 10.0. The average Bonchev–Trinajstić information content (AvgIpc) is 2.27. The summed E-state index contributed by atoms with van der Waals surface area (Å²) in [6.07, 6.45) is 5.94. The molecule has 0 amide bonds. The fraction of sp³-hybridized carbons (Fsp3) is 0.923. The van der Waals surface area contributed by atoms with Crippen molar-refractivity contribution in [1.29, 1.82) is 0 Å². The van der Waals surface area contributed by atoms with E-state index in [0.29, 0.717) is 6.61 Å². The van der Waals surface area contributed by atoms with Crippen molar-refractivity contribution in [3.63, 3.8) is 0 Å². The van der Waals surface area contributed by atoms with Crippen LogP contribution in [0.4, 0.5) is 0 Å². The highest BCUT2D eigenvalue weighted by molar-refractivity contribution is 4.53. The normalized spacial score (nSPS) is 11.2. The molecule has 0 N–H and O–H groups in total. The fourth-order valence-electron chi connectivity index (χ4n) is 1.56. The molecule has 0 rings (SSSR count). The summed E-state index contributed by atoms with van der Waals surface area (Å²) >= 11 is 0. The second-order valence-electron chi connectivity index (χ2n) is 3.90. The third-order valence-electron chi connectivity index (χ3n) is 2.80. The lowest BCUT2D eigenvalue weighted by Gasteiger charge is -2.11. The zero-order valence-electron chi connectivity index (χ0n) is 10.5. The first-order valence-electron chi connectivity index (χ1n) is 6.29.